The highest BCUT2D eigenvalue weighted by Crippen LogP contribution is 2.56. The molecule has 0 aliphatic carbocycles. The van der Waals surface area contributed by atoms with Gasteiger partial charge in [-0.25, -0.2) is 4.98 Å². The Morgan fingerprint density at radius 2 is 2.37 bits per heavy atom. The first-order chi connectivity index (χ1) is 9.13. The molecule has 19 heavy (non-hydrogen) atoms. The topological polar surface area (TPSA) is 94.4 Å². The van der Waals surface area contributed by atoms with E-state index in [4.69, 9.17) is 0 Å². The molecule has 2 aliphatic rings. The average molecular weight is 282 g/mol. The van der Waals surface area contributed by atoms with Gasteiger partial charge in [0, 0.05) is 18.8 Å². The first-order valence-electron chi connectivity index (χ1n) is 6.35. The van der Waals surface area contributed by atoms with Crippen LogP contribution in [0.15, 0.2) is 18.3 Å². The largest absolute Gasteiger partial charge is 0.645 e. The maximum absolute atomic E-state index is 13.2. The predicted molar refractivity (Wildman–Crippen MR) is 69.8 cm³/mol. The van der Waals surface area contributed by atoms with Crippen LogP contribution in [0.2, 0.25) is 0 Å². The number of aromatic nitrogens is 1. The summed E-state index contributed by atoms with van der Waals surface area (Å²) in [4.78, 5) is 27.8. The third kappa shape index (κ3) is 2.03. The van der Waals surface area contributed by atoms with E-state index in [9.17, 15) is 15.0 Å². The fourth-order valence-corrected chi connectivity index (χ4v) is 5.65. The highest BCUT2D eigenvalue weighted by Gasteiger charge is 2.52. The minimum absolute atomic E-state index is 0.0874. The summed E-state index contributed by atoms with van der Waals surface area (Å²) in [5, 5.41) is 14.1. The minimum atomic E-state index is -3.11. The van der Waals surface area contributed by atoms with Crippen LogP contribution in [0, 0.1) is 10.1 Å². The number of nitro groups is 1. The minimum Gasteiger partial charge on any atom is -0.645 e. The third-order valence-electron chi connectivity index (χ3n) is 3.75. The number of nitrogens with one attached hydrogen (secondary N) is 1. The number of fused-ring (bicyclic) bond motifs is 1. The van der Waals surface area contributed by atoms with Crippen molar-refractivity contribution in [1.82, 2.24) is 14.7 Å². The van der Waals surface area contributed by atoms with Gasteiger partial charge in [-0.15, -0.1) is 0 Å². The van der Waals surface area contributed by atoms with E-state index in [1.165, 1.54) is 18.3 Å². The lowest BCUT2D eigenvalue weighted by Gasteiger charge is -2.36. The second-order valence-corrected chi connectivity index (χ2v) is 7.26. The predicted octanol–water partition coefficient (Wildman–Crippen LogP) is 0.196. The van der Waals surface area contributed by atoms with E-state index < -0.39 is 12.7 Å². The molecular weight excluding hydrogens is 267 g/mol. The van der Waals surface area contributed by atoms with E-state index in [1.807, 2.05) is 4.67 Å². The molecule has 2 aliphatic heterocycles. The van der Waals surface area contributed by atoms with Crippen molar-refractivity contribution in [3.63, 3.8) is 0 Å². The summed E-state index contributed by atoms with van der Waals surface area (Å²) < 4.78 is 1.89. The van der Waals surface area contributed by atoms with Gasteiger partial charge in [-0.05, 0) is 18.9 Å². The van der Waals surface area contributed by atoms with Crippen LogP contribution in [0.25, 0.3) is 0 Å². The lowest BCUT2D eigenvalue weighted by molar-refractivity contribution is -0.384. The molecule has 7 nitrogen and oxygen atoms in total. The number of piperidine rings is 1. The standard InChI is InChI=1S/C11H15N4O3P/c16-15(17)10-5-3-6-12-11(10)19(18)13-8-9-4-1-2-7-14(9)19/h3,5-6,9H,1-2,4,7-8H2,(H,13,18). The molecule has 3 rings (SSSR count). The lowest BCUT2D eigenvalue weighted by Crippen LogP contribution is -2.44. The molecule has 1 N–H and O–H groups in total. The lowest BCUT2D eigenvalue weighted by atomic mass is 10.1. The van der Waals surface area contributed by atoms with Crippen LogP contribution in [0.3, 0.4) is 0 Å². The first kappa shape index (κ1) is 12.9. The van der Waals surface area contributed by atoms with E-state index in [-0.39, 0.29) is 17.2 Å². The SMILES string of the molecule is O=[N+]([O-])c1cccnc1[P+]1([O-])NCC2CCCCN21. The van der Waals surface area contributed by atoms with E-state index in [1.54, 1.807) is 0 Å². The molecule has 1 aromatic heterocycles. The van der Waals surface area contributed by atoms with E-state index in [2.05, 4.69) is 10.1 Å². The highest BCUT2D eigenvalue weighted by atomic mass is 31.2. The summed E-state index contributed by atoms with van der Waals surface area (Å²) in [6.07, 6.45) is 4.54. The monoisotopic (exact) mass is 282 g/mol. The van der Waals surface area contributed by atoms with Crippen molar-refractivity contribution in [1.29, 1.82) is 0 Å². The summed E-state index contributed by atoms with van der Waals surface area (Å²) in [5.74, 6) is 0. The van der Waals surface area contributed by atoms with Crippen molar-refractivity contribution in [2.24, 2.45) is 0 Å². The van der Waals surface area contributed by atoms with Gasteiger partial charge in [0.1, 0.15) is 0 Å². The zero-order chi connectivity index (χ0) is 13.5. The van der Waals surface area contributed by atoms with Crippen molar-refractivity contribution in [3.05, 3.63) is 28.4 Å². The molecule has 0 radical (unpaired) electrons. The van der Waals surface area contributed by atoms with Gasteiger partial charge >= 0.3 is 5.69 Å². The number of nitrogens with zero attached hydrogens (tertiary/aromatic N) is 3. The van der Waals surface area contributed by atoms with Crippen LogP contribution in [0.4, 0.5) is 5.69 Å². The summed E-state index contributed by atoms with van der Waals surface area (Å²) in [6, 6.07) is 3.07. The number of hydrogen-bond donors (Lipinski definition) is 1. The fourth-order valence-electron chi connectivity index (χ4n) is 2.84. The Balaban J connectivity index is 2.03. The molecule has 0 amide bonds. The summed E-state index contributed by atoms with van der Waals surface area (Å²) >= 11 is 0. The maximum atomic E-state index is 13.2. The molecule has 2 fully saturated rings. The van der Waals surface area contributed by atoms with Crippen molar-refractivity contribution >= 4 is 18.9 Å². The molecule has 8 heteroatoms. The Labute approximate surface area is 111 Å². The number of rotatable bonds is 2. The van der Waals surface area contributed by atoms with Crippen molar-refractivity contribution in [2.45, 2.75) is 25.3 Å². The van der Waals surface area contributed by atoms with E-state index >= 15 is 0 Å². The van der Waals surface area contributed by atoms with Gasteiger partial charge < -0.3 is 4.89 Å². The van der Waals surface area contributed by atoms with Crippen molar-refractivity contribution in [2.75, 3.05) is 13.1 Å². The first-order valence-corrected chi connectivity index (χ1v) is 8.01. The summed E-state index contributed by atoms with van der Waals surface area (Å²) in [7, 11) is -3.11. The fraction of sp³-hybridized carbons (Fsp3) is 0.545. The molecule has 2 atom stereocenters. The molecule has 2 saturated heterocycles. The van der Waals surface area contributed by atoms with Crippen LogP contribution in [0.1, 0.15) is 19.3 Å². The Morgan fingerprint density at radius 3 is 3.16 bits per heavy atom. The zero-order valence-corrected chi connectivity index (χ0v) is 11.3. The van der Waals surface area contributed by atoms with Crippen molar-refractivity contribution < 1.29 is 9.82 Å². The normalized spacial score (nSPS) is 31.1. The molecular formula is C11H15N4O3P. The third-order valence-corrected chi connectivity index (χ3v) is 6.53. The van der Waals surface area contributed by atoms with Gasteiger partial charge in [0.05, 0.1) is 17.5 Å². The van der Waals surface area contributed by atoms with Gasteiger partial charge in [0.25, 0.3) is 5.44 Å². The molecule has 1 aromatic rings. The molecule has 3 heterocycles. The van der Waals surface area contributed by atoms with Crippen LogP contribution < -0.4 is 15.4 Å². The van der Waals surface area contributed by atoms with Crippen LogP contribution >= 0.6 is 7.79 Å². The molecule has 0 aromatic carbocycles. The molecule has 0 bridgehead atoms. The molecule has 0 spiro atoms. The Kier molecular flexibility index (Phi) is 3.22. The van der Waals surface area contributed by atoms with Crippen LogP contribution in [-0.2, 0) is 0 Å². The number of pyridine rings is 1. The molecule has 0 saturated carbocycles. The second-order valence-electron chi connectivity index (χ2n) is 4.85. The summed E-state index contributed by atoms with van der Waals surface area (Å²) in [6.45, 7) is 1.33. The highest BCUT2D eigenvalue weighted by molar-refractivity contribution is 7.72. The Morgan fingerprint density at radius 1 is 1.53 bits per heavy atom. The second kappa shape index (κ2) is 4.76. The van der Waals surface area contributed by atoms with Crippen LogP contribution in [0.5, 0.6) is 0 Å². The maximum Gasteiger partial charge on any atom is 0.333 e. The van der Waals surface area contributed by atoms with Gasteiger partial charge in [-0.1, -0.05) is 6.42 Å². The van der Waals surface area contributed by atoms with Gasteiger partial charge in [-0.3, -0.25) is 10.1 Å². The average Bonchev–Trinajstić information content (AvgIpc) is 2.78. The zero-order valence-electron chi connectivity index (χ0n) is 10.4. The van der Waals surface area contributed by atoms with Gasteiger partial charge in [0.15, 0.2) is 7.79 Å². The van der Waals surface area contributed by atoms with E-state index in [0.717, 1.165) is 19.3 Å². The molecule has 102 valence electrons. The Bertz CT molecular complexity index is 514. The molecule has 2 unspecified atom stereocenters. The van der Waals surface area contributed by atoms with Crippen LogP contribution in [-0.4, -0.2) is 33.7 Å². The summed E-state index contributed by atoms with van der Waals surface area (Å²) in [5.41, 5.74) is -0.0750. The Hall–Kier alpha value is -1.14. The van der Waals surface area contributed by atoms with Gasteiger partial charge in [-0.2, -0.15) is 9.76 Å². The smallest absolute Gasteiger partial charge is 0.333 e. The van der Waals surface area contributed by atoms with Gasteiger partial charge in [0.2, 0.25) is 0 Å². The van der Waals surface area contributed by atoms with E-state index in [0.29, 0.717) is 13.1 Å². The van der Waals surface area contributed by atoms with Crippen molar-refractivity contribution in [3.8, 4) is 0 Å². The quantitative estimate of drug-likeness (QED) is 0.473. The number of hydrogen-bond acceptors (Lipinski definition) is 6.